The smallest absolute Gasteiger partial charge is 0.236 e. The normalized spacial score (nSPS) is 18.9. The number of carbonyl (C=O) groups excluding carboxylic acids is 2. The van der Waals surface area contributed by atoms with E-state index in [4.69, 9.17) is 11.6 Å². The lowest BCUT2D eigenvalue weighted by Crippen LogP contribution is -2.31. The van der Waals surface area contributed by atoms with Crippen LogP contribution in [0.1, 0.15) is 19.4 Å². The van der Waals surface area contributed by atoms with Gasteiger partial charge in [-0.1, -0.05) is 23.7 Å². The number of rotatable bonds is 2. The molecule has 1 heterocycles. The molecule has 2 rings (SSSR count). The molecule has 0 unspecified atom stereocenters. The first-order valence-corrected chi connectivity index (χ1v) is 5.86. The van der Waals surface area contributed by atoms with Gasteiger partial charge in [0.05, 0.1) is 6.54 Å². The molecule has 1 aromatic carbocycles. The highest BCUT2D eigenvalue weighted by Crippen LogP contribution is 2.28. The second-order valence-corrected chi connectivity index (χ2v) is 5.27. The van der Waals surface area contributed by atoms with Gasteiger partial charge in [-0.15, -0.1) is 0 Å². The molecule has 4 heteroatoms. The quantitative estimate of drug-likeness (QED) is 0.757. The molecule has 3 nitrogen and oxygen atoms in total. The number of benzene rings is 1. The van der Waals surface area contributed by atoms with Crippen molar-refractivity contribution in [1.82, 2.24) is 4.90 Å². The van der Waals surface area contributed by atoms with E-state index >= 15 is 0 Å². The third kappa shape index (κ3) is 2.20. The fourth-order valence-corrected chi connectivity index (χ4v) is 2.02. The Morgan fingerprint density at radius 1 is 1.24 bits per heavy atom. The lowest BCUT2D eigenvalue weighted by Gasteiger charge is -2.18. The van der Waals surface area contributed by atoms with Crippen molar-refractivity contribution in [1.29, 1.82) is 0 Å². The lowest BCUT2D eigenvalue weighted by atomic mass is 9.91. The summed E-state index contributed by atoms with van der Waals surface area (Å²) < 4.78 is 0. The van der Waals surface area contributed by atoms with Crippen LogP contribution in [0, 0.1) is 5.41 Å². The van der Waals surface area contributed by atoms with Crippen LogP contribution < -0.4 is 0 Å². The van der Waals surface area contributed by atoms with E-state index in [1.807, 2.05) is 12.1 Å². The van der Waals surface area contributed by atoms with Gasteiger partial charge in [0.15, 0.2) is 5.78 Å². The van der Waals surface area contributed by atoms with E-state index in [-0.39, 0.29) is 18.2 Å². The first kappa shape index (κ1) is 12.1. The van der Waals surface area contributed by atoms with Crippen LogP contribution in [0.4, 0.5) is 0 Å². The van der Waals surface area contributed by atoms with Crippen molar-refractivity contribution in [3.8, 4) is 0 Å². The van der Waals surface area contributed by atoms with Crippen LogP contribution in [0.5, 0.6) is 0 Å². The zero-order valence-electron chi connectivity index (χ0n) is 9.87. The first-order valence-electron chi connectivity index (χ1n) is 5.48. The lowest BCUT2D eigenvalue weighted by molar-refractivity contribution is -0.137. The van der Waals surface area contributed by atoms with Crippen molar-refractivity contribution in [2.75, 3.05) is 6.54 Å². The van der Waals surface area contributed by atoms with E-state index in [0.717, 1.165) is 5.56 Å². The molecule has 0 aliphatic carbocycles. The molecule has 0 spiro atoms. The Morgan fingerprint density at radius 3 is 2.29 bits per heavy atom. The monoisotopic (exact) mass is 251 g/mol. The number of carbonyl (C=O) groups is 2. The molecule has 17 heavy (non-hydrogen) atoms. The maximum atomic E-state index is 12.0. The summed E-state index contributed by atoms with van der Waals surface area (Å²) >= 11 is 5.79. The summed E-state index contributed by atoms with van der Waals surface area (Å²) in [6.07, 6.45) is 0. The van der Waals surface area contributed by atoms with Gasteiger partial charge in [0.1, 0.15) is 5.41 Å². The van der Waals surface area contributed by atoms with Gasteiger partial charge < -0.3 is 4.90 Å². The van der Waals surface area contributed by atoms with Gasteiger partial charge >= 0.3 is 0 Å². The second-order valence-electron chi connectivity index (χ2n) is 4.84. The van der Waals surface area contributed by atoms with Gasteiger partial charge in [-0.05, 0) is 31.5 Å². The van der Waals surface area contributed by atoms with Crippen LogP contribution >= 0.6 is 11.6 Å². The number of hydrogen-bond donors (Lipinski definition) is 0. The molecule has 0 atom stereocenters. The molecule has 0 aromatic heterocycles. The zero-order valence-corrected chi connectivity index (χ0v) is 10.6. The maximum absolute atomic E-state index is 12.0. The van der Waals surface area contributed by atoms with Gasteiger partial charge in [-0.3, -0.25) is 9.59 Å². The van der Waals surface area contributed by atoms with Gasteiger partial charge in [0, 0.05) is 11.6 Å². The van der Waals surface area contributed by atoms with Gasteiger partial charge in [0.2, 0.25) is 5.91 Å². The molecule has 1 aliphatic heterocycles. The Hall–Kier alpha value is -1.35. The van der Waals surface area contributed by atoms with Gasteiger partial charge in [-0.25, -0.2) is 0 Å². The molecule has 0 N–H and O–H groups in total. The molecular formula is C13H14ClNO2. The Kier molecular flexibility index (Phi) is 2.96. The average Bonchev–Trinajstić information content (AvgIpc) is 2.46. The summed E-state index contributed by atoms with van der Waals surface area (Å²) in [5, 5.41) is 0.665. The Balaban J connectivity index is 2.14. The third-order valence-electron chi connectivity index (χ3n) is 3.14. The minimum atomic E-state index is -0.869. The fraction of sp³-hybridized carbons (Fsp3) is 0.385. The number of likely N-dealkylation sites (tertiary alicyclic amines) is 1. The summed E-state index contributed by atoms with van der Waals surface area (Å²) in [7, 11) is 0. The van der Waals surface area contributed by atoms with Crippen molar-refractivity contribution < 1.29 is 9.59 Å². The van der Waals surface area contributed by atoms with Gasteiger partial charge in [0.25, 0.3) is 0 Å². The minimum Gasteiger partial charge on any atom is -0.330 e. The van der Waals surface area contributed by atoms with E-state index < -0.39 is 5.41 Å². The van der Waals surface area contributed by atoms with E-state index in [9.17, 15) is 9.59 Å². The van der Waals surface area contributed by atoms with Crippen molar-refractivity contribution >= 4 is 23.3 Å². The van der Waals surface area contributed by atoms with E-state index in [0.29, 0.717) is 11.6 Å². The largest absolute Gasteiger partial charge is 0.330 e. The Morgan fingerprint density at radius 2 is 1.82 bits per heavy atom. The van der Waals surface area contributed by atoms with E-state index in [1.165, 1.54) is 0 Å². The van der Waals surface area contributed by atoms with E-state index in [1.54, 1.807) is 30.9 Å². The predicted octanol–water partition coefficient (Wildman–Crippen LogP) is 2.28. The molecule has 1 aromatic rings. The molecule has 0 bridgehead atoms. The zero-order chi connectivity index (χ0) is 12.6. The molecule has 0 saturated carbocycles. The fourth-order valence-electron chi connectivity index (χ4n) is 1.90. The molecule has 0 radical (unpaired) electrons. The summed E-state index contributed by atoms with van der Waals surface area (Å²) in [6, 6.07) is 7.30. The molecule has 90 valence electrons. The topological polar surface area (TPSA) is 37.4 Å². The number of hydrogen-bond acceptors (Lipinski definition) is 2. The molecule has 1 aliphatic rings. The molecule has 1 amide bonds. The van der Waals surface area contributed by atoms with Crippen LogP contribution in [0.3, 0.4) is 0 Å². The number of amides is 1. The minimum absolute atomic E-state index is 0.0172. The summed E-state index contributed by atoms with van der Waals surface area (Å²) in [4.78, 5) is 25.3. The van der Waals surface area contributed by atoms with E-state index in [2.05, 4.69) is 0 Å². The average molecular weight is 252 g/mol. The first-order chi connectivity index (χ1) is 7.91. The van der Waals surface area contributed by atoms with Crippen LogP contribution in [0.2, 0.25) is 5.02 Å². The van der Waals surface area contributed by atoms with Crippen molar-refractivity contribution in [3.05, 3.63) is 34.9 Å². The number of halogens is 1. The summed E-state index contributed by atoms with van der Waals surface area (Å²) in [6.45, 7) is 4.03. The standard InChI is InChI=1S/C13H14ClNO2/c1-13(2)11(16)8-15(12(13)17)7-9-3-5-10(14)6-4-9/h3-6H,7-8H2,1-2H3. The highest BCUT2D eigenvalue weighted by Gasteiger charge is 2.45. The second kappa shape index (κ2) is 4.15. The summed E-state index contributed by atoms with van der Waals surface area (Å²) in [5.74, 6) is -0.117. The molecular weight excluding hydrogens is 238 g/mol. The Bertz CT molecular complexity index is 465. The van der Waals surface area contributed by atoms with Crippen molar-refractivity contribution in [2.24, 2.45) is 5.41 Å². The van der Waals surface area contributed by atoms with Crippen molar-refractivity contribution in [2.45, 2.75) is 20.4 Å². The van der Waals surface area contributed by atoms with Crippen LogP contribution in [-0.4, -0.2) is 23.1 Å². The maximum Gasteiger partial charge on any atom is 0.236 e. The number of nitrogens with zero attached hydrogens (tertiary/aromatic N) is 1. The van der Waals surface area contributed by atoms with Crippen LogP contribution in [0.25, 0.3) is 0 Å². The summed E-state index contributed by atoms with van der Waals surface area (Å²) in [5.41, 5.74) is 0.111. The third-order valence-corrected chi connectivity index (χ3v) is 3.39. The van der Waals surface area contributed by atoms with Crippen LogP contribution in [-0.2, 0) is 16.1 Å². The predicted molar refractivity (Wildman–Crippen MR) is 65.7 cm³/mol. The Labute approximate surface area is 105 Å². The van der Waals surface area contributed by atoms with Crippen LogP contribution in [0.15, 0.2) is 24.3 Å². The number of ketones is 1. The molecule has 1 saturated heterocycles. The SMILES string of the molecule is CC1(C)C(=O)CN(Cc2ccc(Cl)cc2)C1=O. The highest BCUT2D eigenvalue weighted by molar-refractivity contribution is 6.30. The number of Topliss-reactive ketones (excluding diaryl/α,β-unsaturated/α-hetero) is 1. The molecule has 1 fully saturated rings. The van der Waals surface area contributed by atoms with Gasteiger partial charge in [-0.2, -0.15) is 0 Å². The highest BCUT2D eigenvalue weighted by atomic mass is 35.5. The van der Waals surface area contributed by atoms with Crippen molar-refractivity contribution in [3.63, 3.8) is 0 Å².